The minimum absolute atomic E-state index is 0.194. The molecule has 8 heteroatoms. The highest BCUT2D eigenvalue weighted by molar-refractivity contribution is 5.81. The van der Waals surface area contributed by atoms with E-state index in [2.05, 4.69) is 5.32 Å². The van der Waals surface area contributed by atoms with Crippen molar-refractivity contribution < 1.29 is 14.3 Å². The van der Waals surface area contributed by atoms with Crippen molar-refractivity contribution in [3.63, 3.8) is 0 Å². The van der Waals surface area contributed by atoms with E-state index in [4.69, 9.17) is 9.47 Å². The minimum Gasteiger partial charge on any atom is -0.493 e. The first kappa shape index (κ1) is 23.8. The summed E-state index contributed by atoms with van der Waals surface area (Å²) in [6, 6.07) is 21.9. The van der Waals surface area contributed by atoms with Crippen LogP contribution < -0.4 is 26.0 Å². The number of hydrogen-bond donors (Lipinski definition) is 1. The van der Waals surface area contributed by atoms with Crippen molar-refractivity contribution in [1.29, 1.82) is 0 Å². The van der Waals surface area contributed by atoms with Gasteiger partial charge in [0.2, 0.25) is 5.91 Å². The van der Waals surface area contributed by atoms with Crippen LogP contribution in [-0.2, 0) is 30.8 Å². The molecule has 1 N–H and O–H groups in total. The lowest BCUT2D eigenvalue weighted by molar-refractivity contribution is -0.121. The number of nitrogens with one attached hydrogen (secondary N) is 1. The molecular weight excluding hydrogens is 446 g/mol. The van der Waals surface area contributed by atoms with Crippen LogP contribution in [0, 0.1) is 0 Å². The van der Waals surface area contributed by atoms with Gasteiger partial charge in [0, 0.05) is 18.7 Å². The average molecular weight is 474 g/mol. The highest BCUT2D eigenvalue weighted by Gasteiger charge is 2.16. The lowest BCUT2D eigenvalue weighted by Crippen LogP contribution is -2.43. The molecule has 4 rings (SSSR count). The van der Waals surface area contributed by atoms with E-state index in [0.717, 1.165) is 11.1 Å². The molecule has 1 heterocycles. The Balaban J connectivity index is 1.60. The number of carbonyl (C=O) groups is 1. The number of methoxy groups -OCH3 is 2. The van der Waals surface area contributed by atoms with Crippen molar-refractivity contribution in [2.24, 2.45) is 0 Å². The first-order valence-corrected chi connectivity index (χ1v) is 11.3. The quantitative estimate of drug-likeness (QED) is 0.404. The molecule has 0 saturated carbocycles. The molecule has 0 unspecified atom stereocenters. The zero-order valence-corrected chi connectivity index (χ0v) is 19.7. The Kier molecular flexibility index (Phi) is 7.30. The molecule has 35 heavy (non-hydrogen) atoms. The summed E-state index contributed by atoms with van der Waals surface area (Å²) in [5.74, 6) is 0.731. The molecule has 0 aliphatic carbocycles. The van der Waals surface area contributed by atoms with Crippen LogP contribution in [0.25, 0.3) is 10.9 Å². The second-order valence-corrected chi connectivity index (χ2v) is 8.01. The van der Waals surface area contributed by atoms with Crippen molar-refractivity contribution in [3.8, 4) is 11.5 Å². The summed E-state index contributed by atoms with van der Waals surface area (Å²) in [5, 5.41) is 3.23. The zero-order chi connectivity index (χ0) is 24.8. The fraction of sp³-hybridized carbons (Fsp3) is 0.222. The number of carbonyl (C=O) groups excluding carboxylic acids is 1. The third-order valence-electron chi connectivity index (χ3n) is 5.86. The van der Waals surface area contributed by atoms with Crippen molar-refractivity contribution in [3.05, 3.63) is 105 Å². The number of hydrogen-bond acceptors (Lipinski definition) is 5. The Hall–Kier alpha value is -4.33. The third kappa shape index (κ3) is 5.11. The van der Waals surface area contributed by atoms with Crippen LogP contribution in [0.3, 0.4) is 0 Å². The number of rotatable bonds is 9. The van der Waals surface area contributed by atoms with Gasteiger partial charge in [-0.3, -0.25) is 18.7 Å². The van der Waals surface area contributed by atoms with E-state index in [1.165, 1.54) is 16.2 Å². The molecule has 0 radical (unpaired) electrons. The Labute approximate surface area is 202 Å². The summed E-state index contributed by atoms with van der Waals surface area (Å²) in [6.07, 6.45) is 0.524. The number of amides is 1. The molecule has 4 aromatic rings. The number of aryl methyl sites for hydroxylation is 1. The molecule has 0 saturated heterocycles. The average Bonchev–Trinajstić information content (AvgIpc) is 2.90. The summed E-state index contributed by atoms with van der Waals surface area (Å²) in [7, 11) is 3.08. The van der Waals surface area contributed by atoms with Crippen LogP contribution in [0.1, 0.15) is 11.1 Å². The summed E-state index contributed by atoms with van der Waals surface area (Å²) < 4.78 is 13.3. The molecule has 8 nitrogen and oxygen atoms in total. The van der Waals surface area contributed by atoms with Crippen molar-refractivity contribution in [2.45, 2.75) is 26.1 Å². The number of fused-ring (bicyclic) bond motifs is 1. The van der Waals surface area contributed by atoms with Crippen LogP contribution in [0.4, 0.5) is 0 Å². The summed E-state index contributed by atoms with van der Waals surface area (Å²) in [5.41, 5.74) is 1.30. The van der Waals surface area contributed by atoms with Gasteiger partial charge in [0.15, 0.2) is 11.5 Å². The van der Waals surface area contributed by atoms with Crippen molar-refractivity contribution in [2.75, 3.05) is 14.2 Å². The van der Waals surface area contributed by atoms with Gasteiger partial charge in [-0.1, -0.05) is 54.6 Å². The van der Waals surface area contributed by atoms with Gasteiger partial charge in [-0.05, 0) is 30.2 Å². The molecule has 180 valence electrons. The van der Waals surface area contributed by atoms with Crippen LogP contribution >= 0.6 is 0 Å². The third-order valence-corrected chi connectivity index (χ3v) is 5.86. The highest BCUT2D eigenvalue weighted by atomic mass is 16.5. The number of aromatic nitrogens is 2. The topological polar surface area (TPSA) is 91.6 Å². The van der Waals surface area contributed by atoms with Gasteiger partial charge < -0.3 is 14.8 Å². The number of para-hydroxylation sites is 2. The smallest absolute Gasteiger partial charge is 0.331 e. The minimum atomic E-state index is -0.515. The largest absolute Gasteiger partial charge is 0.493 e. The van der Waals surface area contributed by atoms with E-state index >= 15 is 0 Å². The van der Waals surface area contributed by atoms with Crippen LogP contribution in [0.5, 0.6) is 11.5 Å². The van der Waals surface area contributed by atoms with E-state index in [9.17, 15) is 14.4 Å². The molecule has 0 atom stereocenters. The number of ether oxygens (including phenoxy) is 2. The Morgan fingerprint density at radius 3 is 2.34 bits per heavy atom. The summed E-state index contributed by atoms with van der Waals surface area (Å²) >= 11 is 0. The lowest BCUT2D eigenvalue weighted by atomic mass is 10.1. The first-order valence-electron chi connectivity index (χ1n) is 11.3. The van der Waals surface area contributed by atoms with Crippen molar-refractivity contribution in [1.82, 2.24) is 14.5 Å². The van der Waals surface area contributed by atoms with E-state index < -0.39 is 5.69 Å². The maximum atomic E-state index is 13.3. The summed E-state index contributed by atoms with van der Waals surface area (Å²) in [4.78, 5) is 39.3. The Morgan fingerprint density at radius 1 is 0.857 bits per heavy atom. The van der Waals surface area contributed by atoms with Gasteiger partial charge in [-0.25, -0.2) is 4.79 Å². The molecule has 0 fully saturated rings. The van der Waals surface area contributed by atoms with Crippen molar-refractivity contribution >= 4 is 16.8 Å². The number of nitrogens with zero attached hydrogens (tertiary/aromatic N) is 2. The standard InChI is InChI=1S/C27H27N3O5/c1-34-23-14-8-11-20(25(23)35-2)17-28-24(31)18-30-22-13-7-6-12-21(22)26(32)29(27(30)33)16-15-19-9-4-3-5-10-19/h3-14H,15-18H2,1-2H3,(H,28,31). The van der Waals surface area contributed by atoms with Gasteiger partial charge in [0.1, 0.15) is 6.54 Å². The van der Waals surface area contributed by atoms with Gasteiger partial charge in [-0.15, -0.1) is 0 Å². The SMILES string of the molecule is COc1cccc(CNC(=O)Cn2c(=O)n(CCc3ccccc3)c(=O)c3ccccc32)c1OC. The van der Waals surface area contributed by atoms with Gasteiger partial charge >= 0.3 is 5.69 Å². The molecule has 0 bridgehead atoms. The normalized spacial score (nSPS) is 10.8. The monoisotopic (exact) mass is 473 g/mol. The van der Waals surface area contributed by atoms with E-state index in [-0.39, 0.29) is 31.1 Å². The molecule has 1 amide bonds. The fourth-order valence-electron chi connectivity index (χ4n) is 4.09. The van der Waals surface area contributed by atoms with Gasteiger partial charge in [-0.2, -0.15) is 0 Å². The predicted octanol–water partition coefficient (Wildman–Crippen LogP) is 2.74. The molecule has 0 aliphatic heterocycles. The second-order valence-electron chi connectivity index (χ2n) is 8.01. The Bertz CT molecular complexity index is 1460. The van der Waals surface area contributed by atoms with Crippen LogP contribution in [0.15, 0.2) is 82.4 Å². The van der Waals surface area contributed by atoms with Crippen LogP contribution in [0.2, 0.25) is 0 Å². The van der Waals surface area contributed by atoms with Gasteiger partial charge in [0.05, 0.1) is 25.1 Å². The summed E-state index contributed by atoms with van der Waals surface area (Å²) in [6.45, 7) is 0.186. The molecule has 1 aromatic heterocycles. The first-order chi connectivity index (χ1) is 17.0. The second kappa shape index (κ2) is 10.7. The lowest BCUT2D eigenvalue weighted by Gasteiger charge is -2.15. The van der Waals surface area contributed by atoms with E-state index in [1.54, 1.807) is 37.4 Å². The van der Waals surface area contributed by atoms with E-state index in [0.29, 0.717) is 28.8 Å². The fourth-order valence-corrected chi connectivity index (χ4v) is 4.09. The predicted molar refractivity (Wildman–Crippen MR) is 134 cm³/mol. The van der Waals surface area contributed by atoms with E-state index in [1.807, 2.05) is 42.5 Å². The molecule has 3 aromatic carbocycles. The van der Waals surface area contributed by atoms with Crippen LogP contribution in [-0.4, -0.2) is 29.3 Å². The molecule has 0 aliphatic rings. The molecule has 0 spiro atoms. The Morgan fingerprint density at radius 2 is 1.60 bits per heavy atom. The number of benzene rings is 3. The maximum Gasteiger partial charge on any atom is 0.331 e. The van der Waals surface area contributed by atoms with Gasteiger partial charge in [0.25, 0.3) is 5.56 Å². The zero-order valence-electron chi connectivity index (χ0n) is 19.7. The maximum absolute atomic E-state index is 13.3. The highest BCUT2D eigenvalue weighted by Crippen LogP contribution is 2.30. The molecular formula is C27H27N3O5.